The van der Waals surface area contributed by atoms with Gasteiger partial charge in [0.2, 0.25) is 0 Å². The molecule has 0 spiro atoms. The molecule has 2 rings (SSSR count). The number of hydrogen-bond donors (Lipinski definition) is 3. The third kappa shape index (κ3) is 8.84. The molecule has 2 aromatic rings. The van der Waals surface area contributed by atoms with Crippen LogP contribution in [0.2, 0.25) is 0 Å². The van der Waals surface area contributed by atoms with Crippen LogP contribution in [0.15, 0.2) is 48.6 Å². The van der Waals surface area contributed by atoms with E-state index in [1.54, 1.807) is 50.5 Å². The average molecular weight is 501 g/mol. The predicted octanol–water partition coefficient (Wildman–Crippen LogP) is 0.0582. The predicted molar refractivity (Wildman–Crippen MR) is 136 cm³/mol. The average Bonchev–Trinajstić information content (AvgIpc) is 2.91. The Morgan fingerprint density at radius 1 is 0.722 bits per heavy atom. The summed E-state index contributed by atoms with van der Waals surface area (Å²) in [5, 5.41) is 0. The van der Waals surface area contributed by atoms with Crippen LogP contribution in [0.25, 0.3) is 12.2 Å². The summed E-state index contributed by atoms with van der Waals surface area (Å²) in [5.41, 5.74) is 12.8. The monoisotopic (exact) mass is 500 g/mol. The topological polar surface area (TPSA) is 154 Å². The molecule has 0 saturated heterocycles. The molecule has 0 aliphatic carbocycles. The van der Waals surface area contributed by atoms with Crippen LogP contribution in [0.4, 0.5) is 0 Å². The standard InChI is InChI=1S/C27H35N3O6/c1-19(22(31)7-3-20-5-9-24(34-14-11-28)26(17-20)33-2)23(32)8-4-21-6-10-25(35-15-12-29)27(18-21)36-16-13-30/h3-10,17-19H,11-16,28-30H2,1-2H3/p+3/b7-3+,8-4+. The smallest absolute Gasteiger partial charge is 0.166 e. The van der Waals surface area contributed by atoms with E-state index in [2.05, 4.69) is 17.2 Å². The summed E-state index contributed by atoms with van der Waals surface area (Å²) in [7, 11) is 1.55. The number of quaternary nitrogens is 3. The summed E-state index contributed by atoms with van der Waals surface area (Å²) in [4.78, 5) is 25.2. The first-order valence-electron chi connectivity index (χ1n) is 12.0. The second kappa shape index (κ2) is 15.4. The molecule has 0 fully saturated rings. The third-order valence-electron chi connectivity index (χ3n) is 5.09. The summed E-state index contributed by atoms with van der Waals surface area (Å²) in [6.45, 7) is 4.88. The molecule has 2 aromatic carbocycles. The molecule has 9 nitrogen and oxygen atoms in total. The van der Waals surface area contributed by atoms with Crippen molar-refractivity contribution in [3.05, 3.63) is 59.7 Å². The first-order valence-corrected chi connectivity index (χ1v) is 12.0. The van der Waals surface area contributed by atoms with Crippen LogP contribution in [0.3, 0.4) is 0 Å². The molecule has 1 atom stereocenters. The molecule has 0 heterocycles. The van der Waals surface area contributed by atoms with Gasteiger partial charge in [-0.15, -0.1) is 0 Å². The summed E-state index contributed by atoms with van der Waals surface area (Å²) < 4.78 is 22.3. The van der Waals surface area contributed by atoms with Crippen molar-refractivity contribution in [2.24, 2.45) is 5.92 Å². The van der Waals surface area contributed by atoms with Gasteiger partial charge in [0, 0.05) is 0 Å². The molecule has 0 saturated carbocycles. The lowest BCUT2D eigenvalue weighted by atomic mass is 9.99. The van der Waals surface area contributed by atoms with E-state index in [0.29, 0.717) is 62.5 Å². The third-order valence-corrected chi connectivity index (χ3v) is 5.09. The van der Waals surface area contributed by atoms with Gasteiger partial charge in [-0.3, -0.25) is 9.59 Å². The van der Waals surface area contributed by atoms with Gasteiger partial charge in [0.25, 0.3) is 0 Å². The zero-order chi connectivity index (χ0) is 26.3. The van der Waals surface area contributed by atoms with E-state index in [1.807, 2.05) is 12.1 Å². The summed E-state index contributed by atoms with van der Waals surface area (Å²) >= 11 is 0. The molecule has 194 valence electrons. The SMILES string of the molecule is COc1cc(/C=C/C(=O)C(C)C(=O)/C=C/c2ccc(OCC[NH3+])c(OCC[NH3+])c2)ccc1OCC[NH3+]. The zero-order valence-electron chi connectivity index (χ0n) is 21.2. The number of ether oxygens (including phenoxy) is 4. The summed E-state index contributed by atoms with van der Waals surface area (Å²) in [6, 6.07) is 10.8. The highest BCUT2D eigenvalue weighted by Gasteiger charge is 2.17. The van der Waals surface area contributed by atoms with E-state index in [4.69, 9.17) is 18.9 Å². The minimum Gasteiger partial charge on any atom is -0.493 e. The molecule has 0 radical (unpaired) electrons. The van der Waals surface area contributed by atoms with Crippen LogP contribution >= 0.6 is 0 Å². The quantitative estimate of drug-likeness (QED) is 0.219. The van der Waals surface area contributed by atoms with Crippen molar-refractivity contribution >= 4 is 23.7 Å². The maximum absolute atomic E-state index is 12.6. The van der Waals surface area contributed by atoms with E-state index in [-0.39, 0.29) is 11.6 Å². The van der Waals surface area contributed by atoms with E-state index < -0.39 is 5.92 Å². The van der Waals surface area contributed by atoms with E-state index in [9.17, 15) is 9.59 Å². The van der Waals surface area contributed by atoms with Crippen molar-refractivity contribution < 1.29 is 45.7 Å². The van der Waals surface area contributed by atoms with Gasteiger partial charge in [-0.25, -0.2) is 0 Å². The zero-order valence-corrected chi connectivity index (χ0v) is 21.2. The fraction of sp³-hybridized carbons (Fsp3) is 0.333. The number of benzene rings is 2. The number of allylic oxidation sites excluding steroid dienone is 2. The van der Waals surface area contributed by atoms with Crippen LogP contribution in [0.1, 0.15) is 18.1 Å². The van der Waals surface area contributed by atoms with Crippen molar-refractivity contribution in [1.29, 1.82) is 0 Å². The second-order valence-electron chi connectivity index (χ2n) is 7.92. The van der Waals surface area contributed by atoms with Gasteiger partial charge in [-0.1, -0.05) is 24.3 Å². The van der Waals surface area contributed by atoms with Crippen molar-refractivity contribution in [3.8, 4) is 23.0 Å². The Hall–Kier alpha value is -3.66. The van der Waals surface area contributed by atoms with Gasteiger partial charge in [-0.2, -0.15) is 0 Å². The largest absolute Gasteiger partial charge is 0.493 e. The Labute approximate surface area is 211 Å². The highest BCUT2D eigenvalue weighted by Crippen LogP contribution is 2.30. The Kier molecular flexibility index (Phi) is 12.2. The number of hydrogen-bond acceptors (Lipinski definition) is 6. The Morgan fingerprint density at radius 2 is 1.14 bits per heavy atom. The lowest BCUT2D eigenvalue weighted by molar-refractivity contribution is -0.372. The molecular formula is C27H38N3O6+3. The molecule has 36 heavy (non-hydrogen) atoms. The Morgan fingerprint density at radius 3 is 1.58 bits per heavy atom. The van der Waals surface area contributed by atoms with Gasteiger partial charge in [0.15, 0.2) is 34.6 Å². The van der Waals surface area contributed by atoms with Crippen molar-refractivity contribution in [2.75, 3.05) is 46.6 Å². The number of carbonyl (C=O) groups excluding carboxylic acids is 2. The molecule has 0 aliphatic heterocycles. The normalized spacial score (nSPS) is 12.0. The fourth-order valence-electron chi connectivity index (χ4n) is 3.10. The van der Waals surface area contributed by atoms with Crippen molar-refractivity contribution in [1.82, 2.24) is 0 Å². The Balaban J connectivity index is 2.05. The number of rotatable bonds is 16. The minimum absolute atomic E-state index is 0.294. The van der Waals surface area contributed by atoms with Gasteiger partial charge in [-0.05, 0) is 54.5 Å². The van der Waals surface area contributed by atoms with Gasteiger partial charge in [0.1, 0.15) is 39.5 Å². The lowest BCUT2D eigenvalue weighted by Crippen LogP contribution is -2.53. The first-order chi connectivity index (χ1) is 17.4. The minimum atomic E-state index is -0.819. The lowest BCUT2D eigenvalue weighted by Gasteiger charge is -2.11. The van der Waals surface area contributed by atoms with Gasteiger partial charge < -0.3 is 36.1 Å². The molecular weight excluding hydrogens is 462 g/mol. The molecule has 9 heteroatoms. The van der Waals surface area contributed by atoms with E-state index >= 15 is 0 Å². The van der Waals surface area contributed by atoms with Crippen LogP contribution in [-0.4, -0.2) is 58.1 Å². The van der Waals surface area contributed by atoms with E-state index in [0.717, 1.165) is 11.1 Å². The van der Waals surface area contributed by atoms with Crippen LogP contribution in [0.5, 0.6) is 23.0 Å². The maximum atomic E-state index is 12.6. The molecule has 0 aromatic heterocycles. The highest BCUT2D eigenvalue weighted by atomic mass is 16.5. The van der Waals surface area contributed by atoms with Crippen LogP contribution in [-0.2, 0) is 9.59 Å². The van der Waals surface area contributed by atoms with Crippen molar-refractivity contribution in [2.45, 2.75) is 6.92 Å². The van der Waals surface area contributed by atoms with Crippen LogP contribution in [0, 0.1) is 5.92 Å². The van der Waals surface area contributed by atoms with E-state index in [1.165, 1.54) is 12.2 Å². The highest BCUT2D eigenvalue weighted by molar-refractivity contribution is 6.13. The molecule has 0 amide bonds. The number of carbonyl (C=O) groups is 2. The number of methoxy groups -OCH3 is 1. The molecule has 1 unspecified atom stereocenters. The summed E-state index contributed by atoms with van der Waals surface area (Å²) in [5.74, 6) is 0.955. The Bertz CT molecular complexity index is 1070. The van der Waals surface area contributed by atoms with Gasteiger partial charge in [0.05, 0.1) is 13.0 Å². The fourth-order valence-corrected chi connectivity index (χ4v) is 3.10. The summed E-state index contributed by atoms with van der Waals surface area (Å²) in [6.07, 6.45) is 6.12. The number of ketones is 2. The molecule has 0 bridgehead atoms. The molecule has 0 aliphatic rings. The molecule has 9 N–H and O–H groups in total. The maximum Gasteiger partial charge on any atom is 0.166 e. The first kappa shape index (κ1) is 28.6. The second-order valence-corrected chi connectivity index (χ2v) is 7.92. The van der Waals surface area contributed by atoms with Gasteiger partial charge >= 0.3 is 0 Å². The van der Waals surface area contributed by atoms with Crippen molar-refractivity contribution in [3.63, 3.8) is 0 Å². The van der Waals surface area contributed by atoms with Crippen LogP contribution < -0.4 is 36.1 Å².